The smallest absolute Gasteiger partial charge is 0.280 e. The zero-order valence-corrected chi connectivity index (χ0v) is 13.9. The molecule has 7 nitrogen and oxygen atoms in total. The number of para-hydroxylation sites is 2. The Morgan fingerprint density at radius 1 is 1.23 bits per heavy atom. The van der Waals surface area contributed by atoms with Gasteiger partial charge in [0.25, 0.3) is 5.91 Å². The molecular formula is C18H16FN5O2. The third-order valence-corrected chi connectivity index (χ3v) is 3.38. The first-order valence-electron chi connectivity index (χ1n) is 7.85. The largest absolute Gasteiger partial charge is 0.478 e. The Labute approximate surface area is 149 Å². The van der Waals surface area contributed by atoms with Crippen LogP contribution in [0.3, 0.4) is 0 Å². The summed E-state index contributed by atoms with van der Waals surface area (Å²) in [6.45, 7) is 1.50. The van der Waals surface area contributed by atoms with E-state index in [9.17, 15) is 9.18 Å². The van der Waals surface area contributed by atoms with Gasteiger partial charge in [0, 0.05) is 0 Å². The summed E-state index contributed by atoms with van der Waals surface area (Å²) in [7, 11) is 0. The second kappa shape index (κ2) is 8.02. The van der Waals surface area contributed by atoms with E-state index in [1.165, 1.54) is 36.3 Å². The van der Waals surface area contributed by atoms with E-state index in [1.807, 2.05) is 30.3 Å². The van der Waals surface area contributed by atoms with Crippen molar-refractivity contribution in [3.63, 3.8) is 0 Å². The molecule has 1 aromatic heterocycles. The molecular weight excluding hydrogens is 337 g/mol. The average Bonchev–Trinajstić information content (AvgIpc) is 3.13. The highest BCUT2D eigenvalue weighted by Crippen LogP contribution is 2.16. The van der Waals surface area contributed by atoms with Crippen LogP contribution in [0.4, 0.5) is 4.39 Å². The Morgan fingerprint density at radius 2 is 1.96 bits per heavy atom. The molecule has 1 heterocycles. The molecule has 0 saturated carbocycles. The van der Waals surface area contributed by atoms with Crippen LogP contribution in [-0.2, 0) is 4.79 Å². The highest BCUT2D eigenvalue weighted by atomic mass is 19.1. The van der Waals surface area contributed by atoms with Crippen LogP contribution >= 0.6 is 0 Å². The van der Waals surface area contributed by atoms with E-state index < -0.39 is 17.8 Å². The summed E-state index contributed by atoms with van der Waals surface area (Å²) in [6, 6.07) is 15.3. The van der Waals surface area contributed by atoms with Gasteiger partial charge in [-0.15, -0.1) is 5.10 Å². The van der Waals surface area contributed by atoms with Crippen LogP contribution in [0.2, 0.25) is 0 Å². The molecule has 3 aromatic rings. The van der Waals surface area contributed by atoms with Crippen molar-refractivity contribution in [2.45, 2.75) is 13.0 Å². The number of halogens is 1. The van der Waals surface area contributed by atoms with Gasteiger partial charge < -0.3 is 4.74 Å². The van der Waals surface area contributed by atoms with Crippen molar-refractivity contribution in [3.8, 4) is 11.4 Å². The normalized spacial score (nSPS) is 12.1. The van der Waals surface area contributed by atoms with E-state index in [2.05, 4.69) is 20.7 Å². The third-order valence-electron chi connectivity index (χ3n) is 3.38. The Bertz CT molecular complexity index is 911. The van der Waals surface area contributed by atoms with Crippen LogP contribution in [0, 0.1) is 5.82 Å². The summed E-state index contributed by atoms with van der Waals surface area (Å²) in [5.41, 5.74) is 3.60. The van der Waals surface area contributed by atoms with Gasteiger partial charge in [-0.25, -0.2) is 9.82 Å². The van der Waals surface area contributed by atoms with Crippen molar-refractivity contribution in [2.24, 2.45) is 5.10 Å². The molecule has 132 valence electrons. The average molecular weight is 353 g/mol. The molecule has 0 radical (unpaired) electrons. The van der Waals surface area contributed by atoms with Crippen molar-refractivity contribution in [3.05, 3.63) is 72.3 Å². The molecule has 0 bridgehead atoms. The van der Waals surface area contributed by atoms with Crippen LogP contribution in [0.1, 0.15) is 12.6 Å². The molecule has 2 aromatic carbocycles. The molecule has 0 fully saturated rings. The maximum atomic E-state index is 13.5. The number of aromatic nitrogens is 3. The van der Waals surface area contributed by atoms with E-state index in [-0.39, 0.29) is 5.75 Å². The van der Waals surface area contributed by atoms with E-state index in [0.29, 0.717) is 5.69 Å². The van der Waals surface area contributed by atoms with Crippen LogP contribution in [-0.4, -0.2) is 33.2 Å². The van der Waals surface area contributed by atoms with Gasteiger partial charge in [0.2, 0.25) is 0 Å². The number of hydrogen-bond donors (Lipinski definition) is 1. The second-order valence-electron chi connectivity index (χ2n) is 5.32. The highest BCUT2D eigenvalue weighted by Gasteiger charge is 2.15. The number of hydrazone groups is 1. The third kappa shape index (κ3) is 4.29. The molecule has 0 saturated heterocycles. The van der Waals surface area contributed by atoms with Gasteiger partial charge in [0.15, 0.2) is 17.7 Å². The highest BCUT2D eigenvalue weighted by molar-refractivity contribution is 5.83. The topological polar surface area (TPSA) is 81.4 Å². The quantitative estimate of drug-likeness (QED) is 0.545. The Kier molecular flexibility index (Phi) is 5.33. The summed E-state index contributed by atoms with van der Waals surface area (Å²) >= 11 is 0. The minimum absolute atomic E-state index is 0.00457. The number of nitrogens with one attached hydrogen (secondary N) is 1. The predicted molar refractivity (Wildman–Crippen MR) is 93.6 cm³/mol. The first-order valence-corrected chi connectivity index (χ1v) is 7.85. The van der Waals surface area contributed by atoms with Gasteiger partial charge in [0.1, 0.15) is 5.69 Å². The number of nitrogens with zero attached hydrogens (tertiary/aromatic N) is 4. The molecule has 0 spiro atoms. The molecule has 1 amide bonds. The molecule has 8 heteroatoms. The lowest BCUT2D eigenvalue weighted by Gasteiger charge is -2.13. The molecule has 3 rings (SSSR count). The Hall–Kier alpha value is -3.55. The van der Waals surface area contributed by atoms with Gasteiger partial charge in [-0.05, 0) is 31.2 Å². The summed E-state index contributed by atoms with van der Waals surface area (Å²) in [6.07, 6.45) is 1.96. The van der Waals surface area contributed by atoms with Crippen molar-refractivity contribution < 1.29 is 13.9 Å². The molecule has 26 heavy (non-hydrogen) atoms. The van der Waals surface area contributed by atoms with E-state index in [1.54, 1.807) is 12.1 Å². The summed E-state index contributed by atoms with van der Waals surface area (Å²) < 4.78 is 18.8. The maximum Gasteiger partial charge on any atom is 0.280 e. The zero-order chi connectivity index (χ0) is 18.4. The van der Waals surface area contributed by atoms with E-state index in [0.717, 1.165) is 5.69 Å². The number of carbonyl (C=O) groups is 1. The second-order valence-corrected chi connectivity index (χ2v) is 5.32. The van der Waals surface area contributed by atoms with Crippen LogP contribution in [0.5, 0.6) is 5.75 Å². The van der Waals surface area contributed by atoms with Crippen molar-refractivity contribution in [1.29, 1.82) is 0 Å². The lowest BCUT2D eigenvalue weighted by Crippen LogP contribution is -2.33. The number of carbonyl (C=O) groups excluding carboxylic acids is 1. The summed E-state index contributed by atoms with van der Waals surface area (Å²) in [5.74, 6) is -1.04. The van der Waals surface area contributed by atoms with Gasteiger partial charge in [-0.2, -0.15) is 15.0 Å². The fourth-order valence-electron chi connectivity index (χ4n) is 2.06. The minimum atomic E-state index is -0.913. The first kappa shape index (κ1) is 17.3. The van der Waals surface area contributed by atoms with Gasteiger partial charge >= 0.3 is 0 Å². The Morgan fingerprint density at radius 3 is 2.73 bits per heavy atom. The fraction of sp³-hybridized carbons (Fsp3) is 0.111. The monoisotopic (exact) mass is 353 g/mol. The van der Waals surface area contributed by atoms with Crippen molar-refractivity contribution in [1.82, 2.24) is 20.4 Å². The number of rotatable bonds is 6. The van der Waals surface area contributed by atoms with Gasteiger partial charge in [0.05, 0.1) is 18.1 Å². The van der Waals surface area contributed by atoms with Crippen LogP contribution < -0.4 is 10.2 Å². The van der Waals surface area contributed by atoms with Crippen LogP contribution in [0.15, 0.2) is 65.9 Å². The molecule has 1 atom stereocenters. The zero-order valence-electron chi connectivity index (χ0n) is 13.9. The Balaban J connectivity index is 1.56. The molecule has 1 N–H and O–H groups in total. The molecule has 1 unspecified atom stereocenters. The number of hydrogen-bond acceptors (Lipinski definition) is 5. The van der Waals surface area contributed by atoms with E-state index >= 15 is 0 Å². The van der Waals surface area contributed by atoms with Gasteiger partial charge in [-0.3, -0.25) is 4.79 Å². The number of amides is 1. The number of ether oxygens (including phenoxy) is 1. The standard InChI is InChI=1S/C18H16FN5O2/c1-13(26-17-10-6-5-9-16(17)19)18(25)22-20-11-14-12-21-24(23-14)15-7-3-2-4-8-15/h2-13H,1H3,(H,22,25). The molecule has 0 aliphatic carbocycles. The first-order chi connectivity index (χ1) is 12.6. The van der Waals surface area contributed by atoms with Crippen LogP contribution in [0.25, 0.3) is 5.69 Å². The molecule has 0 aliphatic rings. The lowest BCUT2D eigenvalue weighted by molar-refractivity contribution is -0.127. The SMILES string of the molecule is CC(Oc1ccccc1F)C(=O)NN=Cc1cnn(-c2ccccc2)n1. The van der Waals surface area contributed by atoms with Gasteiger partial charge in [-0.1, -0.05) is 30.3 Å². The number of benzene rings is 2. The van der Waals surface area contributed by atoms with Crippen molar-refractivity contribution >= 4 is 12.1 Å². The maximum absolute atomic E-state index is 13.5. The minimum Gasteiger partial charge on any atom is -0.478 e. The fourth-order valence-corrected chi connectivity index (χ4v) is 2.06. The lowest BCUT2D eigenvalue weighted by atomic mass is 10.3. The molecule has 0 aliphatic heterocycles. The summed E-state index contributed by atoms with van der Waals surface area (Å²) in [5, 5.41) is 12.2. The summed E-state index contributed by atoms with van der Waals surface area (Å²) in [4.78, 5) is 13.4. The predicted octanol–water partition coefficient (Wildman–Crippen LogP) is 2.32. The van der Waals surface area contributed by atoms with E-state index in [4.69, 9.17) is 4.74 Å². The van der Waals surface area contributed by atoms with Crippen molar-refractivity contribution in [2.75, 3.05) is 0 Å².